The lowest BCUT2D eigenvalue weighted by Crippen LogP contribution is -2.12. The summed E-state index contributed by atoms with van der Waals surface area (Å²) in [6, 6.07) is 5.16. The topological polar surface area (TPSA) is 12.0 Å². The highest BCUT2D eigenvalue weighted by Gasteiger charge is 2.12. The first-order valence-corrected chi connectivity index (χ1v) is 7.24. The van der Waals surface area contributed by atoms with Gasteiger partial charge < -0.3 is 5.32 Å². The second-order valence-corrected chi connectivity index (χ2v) is 5.76. The van der Waals surface area contributed by atoms with Crippen molar-refractivity contribution in [1.82, 2.24) is 0 Å². The van der Waals surface area contributed by atoms with Crippen molar-refractivity contribution in [3.8, 4) is 0 Å². The number of hydrogen-bond donors (Lipinski definition) is 1. The minimum Gasteiger partial charge on any atom is -0.383 e. The van der Waals surface area contributed by atoms with E-state index in [1.807, 2.05) is 6.07 Å². The van der Waals surface area contributed by atoms with Gasteiger partial charge in [-0.1, -0.05) is 48.0 Å². The smallest absolute Gasteiger partial charge is 0.147 e. The van der Waals surface area contributed by atoms with E-state index in [0.29, 0.717) is 5.69 Å². The van der Waals surface area contributed by atoms with Crippen molar-refractivity contribution in [3.63, 3.8) is 0 Å². The van der Waals surface area contributed by atoms with Crippen LogP contribution in [0, 0.1) is 11.7 Å². The summed E-state index contributed by atoms with van der Waals surface area (Å²) in [7, 11) is 0. The molecule has 1 aliphatic rings. The summed E-state index contributed by atoms with van der Waals surface area (Å²) in [4.78, 5) is 0. The Labute approximate surface area is 111 Å². The summed E-state index contributed by atoms with van der Waals surface area (Å²) < 4.78 is 14.3. The first kappa shape index (κ1) is 12.9. The molecule has 1 aromatic rings. The molecule has 0 radical (unpaired) electrons. The average Bonchev–Trinajstić information content (AvgIpc) is 2.33. The number of halogens is 2. The molecule has 94 valence electrons. The van der Waals surface area contributed by atoms with E-state index < -0.39 is 0 Å². The molecule has 1 aromatic carbocycles. The molecule has 0 bridgehead atoms. The molecule has 0 aromatic heterocycles. The van der Waals surface area contributed by atoms with E-state index >= 15 is 0 Å². The quantitative estimate of drug-likeness (QED) is 0.827. The van der Waals surface area contributed by atoms with Crippen molar-refractivity contribution in [3.05, 3.63) is 28.5 Å². The maximum absolute atomic E-state index is 13.5. The third-order valence-corrected chi connectivity index (χ3v) is 4.02. The van der Waals surface area contributed by atoms with Gasteiger partial charge in [0, 0.05) is 11.0 Å². The molecular weight excluding hydrogens is 281 g/mol. The molecule has 3 heteroatoms. The summed E-state index contributed by atoms with van der Waals surface area (Å²) in [6.07, 6.45) is 8.00. The molecule has 0 unspecified atom stereocenters. The second-order valence-electron chi connectivity index (χ2n) is 4.84. The Balaban J connectivity index is 1.77. The fourth-order valence-corrected chi connectivity index (χ4v) is 2.85. The van der Waals surface area contributed by atoms with Gasteiger partial charge in [0.05, 0.1) is 5.69 Å². The van der Waals surface area contributed by atoms with Crippen LogP contribution in [0.15, 0.2) is 22.7 Å². The minimum absolute atomic E-state index is 0.178. The van der Waals surface area contributed by atoms with Gasteiger partial charge in [-0.25, -0.2) is 4.39 Å². The lowest BCUT2D eigenvalue weighted by Gasteiger charge is -2.21. The van der Waals surface area contributed by atoms with Gasteiger partial charge in [-0.2, -0.15) is 0 Å². The van der Waals surface area contributed by atoms with E-state index in [4.69, 9.17) is 0 Å². The number of anilines is 1. The zero-order chi connectivity index (χ0) is 12.1. The van der Waals surface area contributed by atoms with Crippen LogP contribution in [0.1, 0.15) is 38.5 Å². The molecule has 0 amide bonds. The van der Waals surface area contributed by atoms with E-state index in [2.05, 4.69) is 21.2 Å². The van der Waals surface area contributed by atoms with E-state index in [-0.39, 0.29) is 5.82 Å². The van der Waals surface area contributed by atoms with Gasteiger partial charge in [0.25, 0.3) is 0 Å². The Kier molecular flexibility index (Phi) is 4.84. The Morgan fingerprint density at radius 3 is 2.71 bits per heavy atom. The highest BCUT2D eigenvalue weighted by atomic mass is 79.9. The molecule has 1 nitrogen and oxygen atoms in total. The highest BCUT2D eigenvalue weighted by molar-refractivity contribution is 9.10. The van der Waals surface area contributed by atoms with Gasteiger partial charge in [0.15, 0.2) is 0 Å². The summed E-state index contributed by atoms with van der Waals surface area (Å²) in [5, 5.41) is 3.19. The van der Waals surface area contributed by atoms with E-state index in [1.165, 1.54) is 38.2 Å². The van der Waals surface area contributed by atoms with Crippen LogP contribution in [0.3, 0.4) is 0 Å². The highest BCUT2D eigenvalue weighted by Crippen LogP contribution is 2.26. The summed E-state index contributed by atoms with van der Waals surface area (Å²) in [5.74, 6) is 0.665. The molecule has 0 saturated heterocycles. The molecule has 1 aliphatic carbocycles. The molecule has 0 aliphatic heterocycles. The third kappa shape index (κ3) is 3.98. The zero-order valence-electron chi connectivity index (χ0n) is 10.0. The van der Waals surface area contributed by atoms with E-state index in [1.54, 1.807) is 6.07 Å². The fourth-order valence-electron chi connectivity index (χ4n) is 2.52. The standard InChI is InChI=1S/C14H19BrFN/c15-12-6-7-14(13(16)10-12)17-9-8-11-4-2-1-3-5-11/h6-7,10-11,17H,1-5,8-9H2. The lowest BCUT2D eigenvalue weighted by atomic mass is 9.87. The molecule has 1 fully saturated rings. The van der Waals surface area contributed by atoms with Crippen molar-refractivity contribution in [2.24, 2.45) is 5.92 Å². The molecule has 0 spiro atoms. The van der Waals surface area contributed by atoms with Crippen LogP contribution >= 0.6 is 15.9 Å². The summed E-state index contributed by atoms with van der Waals surface area (Å²) >= 11 is 3.26. The largest absolute Gasteiger partial charge is 0.383 e. The van der Waals surface area contributed by atoms with Crippen LogP contribution in [0.25, 0.3) is 0 Å². The molecule has 17 heavy (non-hydrogen) atoms. The third-order valence-electron chi connectivity index (χ3n) is 3.52. The van der Waals surface area contributed by atoms with E-state index in [0.717, 1.165) is 23.4 Å². The first-order valence-electron chi connectivity index (χ1n) is 6.44. The molecule has 0 heterocycles. The Morgan fingerprint density at radius 2 is 2.00 bits per heavy atom. The molecular formula is C14H19BrFN. The van der Waals surface area contributed by atoms with Crippen molar-refractivity contribution in [2.75, 3.05) is 11.9 Å². The lowest BCUT2D eigenvalue weighted by molar-refractivity contribution is 0.345. The molecule has 1 N–H and O–H groups in total. The fraction of sp³-hybridized carbons (Fsp3) is 0.571. The van der Waals surface area contributed by atoms with Gasteiger partial charge in [0.1, 0.15) is 5.82 Å². The van der Waals surface area contributed by atoms with Crippen LogP contribution < -0.4 is 5.32 Å². The Bertz CT molecular complexity index is 361. The first-order chi connectivity index (χ1) is 8.25. The van der Waals surface area contributed by atoms with Gasteiger partial charge in [-0.15, -0.1) is 0 Å². The Hall–Kier alpha value is -0.570. The zero-order valence-corrected chi connectivity index (χ0v) is 11.6. The average molecular weight is 300 g/mol. The van der Waals surface area contributed by atoms with Crippen molar-refractivity contribution < 1.29 is 4.39 Å². The van der Waals surface area contributed by atoms with Gasteiger partial charge in [0.2, 0.25) is 0 Å². The summed E-state index contributed by atoms with van der Waals surface area (Å²) in [6.45, 7) is 0.878. The SMILES string of the molecule is Fc1cc(Br)ccc1NCCC1CCCCC1. The van der Waals surface area contributed by atoms with Gasteiger partial charge in [-0.3, -0.25) is 0 Å². The monoisotopic (exact) mass is 299 g/mol. The normalized spacial score (nSPS) is 17.1. The van der Waals surface area contributed by atoms with Crippen LogP contribution in [0.4, 0.5) is 10.1 Å². The second kappa shape index (κ2) is 6.39. The maximum Gasteiger partial charge on any atom is 0.147 e. The number of hydrogen-bond acceptors (Lipinski definition) is 1. The summed E-state index contributed by atoms with van der Waals surface area (Å²) in [5.41, 5.74) is 0.615. The number of rotatable bonds is 4. The van der Waals surface area contributed by atoms with Crippen molar-refractivity contribution >= 4 is 21.6 Å². The van der Waals surface area contributed by atoms with Crippen LogP contribution in [0.5, 0.6) is 0 Å². The predicted octanol–water partition coefficient (Wildman–Crippen LogP) is 4.97. The minimum atomic E-state index is -0.178. The van der Waals surface area contributed by atoms with Crippen LogP contribution in [-0.2, 0) is 0 Å². The number of nitrogens with one attached hydrogen (secondary N) is 1. The van der Waals surface area contributed by atoms with E-state index in [9.17, 15) is 4.39 Å². The number of benzene rings is 1. The van der Waals surface area contributed by atoms with Gasteiger partial charge >= 0.3 is 0 Å². The van der Waals surface area contributed by atoms with Crippen molar-refractivity contribution in [2.45, 2.75) is 38.5 Å². The van der Waals surface area contributed by atoms with Crippen LogP contribution in [0.2, 0.25) is 0 Å². The molecule has 2 rings (SSSR count). The van der Waals surface area contributed by atoms with Gasteiger partial charge in [-0.05, 0) is 30.5 Å². The van der Waals surface area contributed by atoms with Crippen molar-refractivity contribution in [1.29, 1.82) is 0 Å². The van der Waals surface area contributed by atoms with Crippen LogP contribution in [-0.4, -0.2) is 6.54 Å². The molecule has 0 atom stereocenters. The predicted molar refractivity (Wildman–Crippen MR) is 73.8 cm³/mol. The maximum atomic E-state index is 13.5. The molecule has 1 saturated carbocycles. The Morgan fingerprint density at radius 1 is 1.24 bits per heavy atom.